The smallest absolute Gasteiger partial charge is 0.239 e. The molecule has 6 nitrogen and oxygen atoms in total. The van der Waals surface area contributed by atoms with E-state index in [0.717, 1.165) is 5.69 Å². The van der Waals surface area contributed by atoms with E-state index in [9.17, 15) is 4.79 Å². The first-order chi connectivity index (χ1) is 8.74. The Hall–Kier alpha value is -2.37. The van der Waals surface area contributed by atoms with Gasteiger partial charge in [0.2, 0.25) is 5.91 Å². The second-order valence-corrected chi connectivity index (χ2v) is 3.83. The molecule has 0 aliphatic carbocycles. The largest absolute Gasteiger partial charge is 0.376 e. The van der Waals surface area contributed by atoms with Crippen LogP contribution >= 0.6 is 0 Å². The average molecular weight is 245 g/mol. The number of nitrogens with zero attached hydrogens (tertiary/aromatic N) is 3. The highest BCUT2D eigenvalue weighted by Gasteiger charge is 2.03. The average Bonchev–Trinajstić information content (AvgIpc) is 2.81. The molecular formula is C12H15N5O. The fourth-order valence-electron chi connectivity index (χ4n) is 1.44. The summed E-state index contributed by atoms with van der Waals surface area (Å²) in [7, 11) is 1.79. The van der Waals surface area contributed by atoms with Gasteiger partial charge in [0, 0.05) is 12.7 Å². The SMILES string of the molecule is Cn1cnc(CNC(=O)CNc2ccccc2)n1. The lowest BCUT2D eigenvalue weighted by Crippen LogP contribution is -2.29. The predicted molar refractivity (Wildman–Crippen MR) is 67.8 cm³/mol. The van der Waals surface area contributed by atoms with Crippen LogP contribution in [0.4, 0.5) is 5.69 Å². The molecule has 1 amide bonds. The minimum absolute atomic E-state index is 0.0914. The highest BCUT2D eigenvalue weighted by molar-refractivity contribution is 5.80. The zero-order chi connectivity index (χ0) is 12.8. The summed E-state index contributed by atoms with van der Waals surface area (Å²) in [6.45, 7) is 0.576. The van der Waals surface area contributed by atoms with Gasteiger partial charge in [-0.3, -0.25) is 9.48 Å². The maximum absolute atomic E-state index is 11.6. The predicted octanol–water partition coefficient (Wildman–Crippen LogP) is 0.543. The number of carbonyl (C=O) groups is 1. The number of para-hydroxylation sites is 1. The third kappa shape index (κ3) is 3.58. The van der Waals surface area contributed by atoms with Gasteiger partial charge in [-0.1, -0.05) is 18.2 Å². The third-order valence-electron chi connectivity index (χ3n) is 2.32. The van der Waals surface area contributed by atoms with Crippen LogP contribution < -0.4 is 10.6 Å². The van der Waals surface area contributed by atoms with E-state index < -0.39 is 0 Å². The van der Waals surface area contributed by atoms with Crippen molar-refractivity contribution in [2.75, 3.05) is 11.9 Å². The van der Waals surface area contributed by atoms with Crippen LogP contribution in [0, 0.1) is 0 Å². The first-order valence-electron chi connectivity index (χ1n) is 5.64. The minimum Gasteiger partial charge on any atom is -0.376 e. The maximum atomic E-state index is 11.6. The van der Waals surface area contributed by atoms with Crippen LogP contribution in [0.5, 0.6) is 0 Å². The van der Waals surface area contributed by atoms with E-state index in [4.69, 9.17) is 0 Å². The number of nitrogens with one attached hydrogen (secondary N) is 2. The second-order valence-electron chi connectivity index (χ2n) is 3.83. The van der Waals surface area contributed by atoms with E-state index >= 15 is 0 Å². The van der Waals surface area contributed by atoms with Crippen molar-refractivity contribution in [2.24, 2.45) is 7.05 Å². The van der Waals surface area contributed by atoms with Gasteiger partial charge in [-0.05, 0) is 12.1 Å². The van der Waals surface area contributed by atoms with Crippen molar-refractivity contribution in [1.82, 2.24) is 20.1 Å². The molecule has 1 aromatic carbocycles. The van der Waals surface area contributed by atoms with Gasteiger partial charge in [0.15, 0.2) is 5.82 Å². The number of amides is 1. The Kier molecular flexibility index (Phi) is 3.90. The number of benzene rings is 1. The Balaban J connectivity index is 1.73. The van der Waals surface area contributed by atoms with E-state index in [2.05, 4.69) is 20.7 Å². The van der Waals surface area contributed by atoms with Crippen molar-refractivity contribution in [1.29, 1.82) is 0 Å². The Morgan fingerprint density at radius 3 is 2.78 bits per heavy atom. The molecule has 0 saturated carbocycles. The normalized spacial score (nSPS) is 10.1. The molecule has 2 N–H and O–H groups in total. The first kappa shape index (κ1) is 12.1. The third-order valence-corrected chi connectivity index (χ3v) is 2.32. The number of rotatable bonds is 5. The highest BCUT2D eigenvalue weighted by atomic mass is 16.1. The monoisotopic (exact) mass is 245 g/mol. The summed E-state index contributed by atoms with van der Waals surface area (Å²) in [6, 6.07) is 9.58. The van der Waals surface area contributed by atoms with Crippen LogP contribution in [0.3, 0.4) is 0 Å². The van der Waals surface area contributed by atoms with E-state index in [1.165, 1.54) is 0 Å². The van der Waals surface area contributed by atoms with Crippen molar-refractivity contribution in [3.63, 3.8) is 0 Å². The summed E-state index contributed by atoms with van der Waals surface area (Å²) in [5.74, 6) is 0.511. The van der Waals surface area contributed by atoms with Gasteiger partial charge in [-0.15, -0.1) is 0 Å². The molecule has 18 heavy (non-hydrogen) atoms. The number of hydrogen-bond donors (Lipinski definition) is 2. The van der Waals surface area contributed by atoms with Crippen LogP contribution in [0.15, 0.2) is 36.7 Å². The lowest BCUT2D eigenvalue weighted by atomic mass is 10.3. The van der Waals surface area contributed by atoms with Gasteiger partial charge in [0.1, 0.15) is 6.33 Å². The molecule has 0 aliphatic rings. The molecule has 94 valence electrons. The fourth-order valence-corrected chi connectivity index (χ4v) is 1.44. The van der Waals surface area contributed by atoms with Crippen LogP contribution in [0.25, 0.3) is 0 Å². The van der Waals surface area contributed by atoms with Crippen molar-refractivity contribution >= 4 is 11.6 Å². The van der Waals surface area contributed by atoms with Crippen LogP contribution in [-0.2, 0) is 18.4 Å². The molecule has 1 heterocycles. The molecule has 0 saturated heterocycles. The summed E-state index contributed by atoms with van der Waals surface area (Å²) < 4.78 is 1.60. The number of aryl methyl sites for hydroxylation is 1. The van der Waals surface area contributed by atoms with Crippen LogP contribution in [-0.4, -0.2) is 27.2 Å². The molecule has 6 heteroatoms. The topological polar surface area (TPSA) is 71.8 Å². The number of anilines is 1. The zero-order valence-corrected chi connectivity index (χ0v) is 10.1. The van der Waals surface area contributed by atoms with Crippen molar-refractivity contribution in [3.05, 3.63) is 42.5 Å². The minimum atomic E-state index is -0.0914. The first-order valence-corrected chi connectivity index (χ1v) is 5.64. The second kappa shape index (κ2) is 5.81. The molecule has 2 aromatic rings. The van der Waals surface area contributed by atoms with Gasteiger partial charge in [0.25, 0.3) is 0 Å². The Morgan fingerprint density at radius 1 is 1.33 bits per heavy atom. The molecule has 0 bridgehead atoms. The summed E-state index contributed by atoms with van der Waals surface area (Å²) in [4.78, 5) is 15.6. The standard InChI is InChI=1S/C12H15N5O/c1-17-9-15-11(16-17)7-14-12(18)8-13-10-5-3-2-4-6-10/h2-6,9,13H,7-8H2,1H3,(H,14,18). The van der Waals surface area contributed by atoms with Gasteiger partial charge in [-0.2, -0.15) is 5.10 Å². The molecular weight excluding hydrogens is 230 g/mol. The highest BCUT2D eigenvalue weighted by Crippen LogP contribution is 2.03. The summed E-state index contributed by atoms with van der Waals surface area (Å²) in [5, 5.41) is 9.84. The molecule has 0 spiro atoms. The van der Waals surface area contributed by atoms with Crippen molar-refractivity contribution in [3.8, 4) is 0 Å². The van der Waals surface area contributed by atoms with E-state index in [-0.39, 0.29) is 12.5 Å². The molecule has 0 fully saturated rings. The summed E-state index contributed by atoms with van der Waals surface area (Å²) >= 11 is 0. The lowest BCUT2D eigenvalue weighted by molar-refractivity contribution is -0.119. The quantitative estimate of drug-likeness (QED) is 0.806. The van der Waals surface area contributed by atoms with Crippen molar-refractivity contribution < 1.29 is 4.79 Å². The number of carbonyl (C=O) groups excluding carboxylic acids is 1. The zero-order valence-electron chi connectivity index (χ0n) is 10.1. The van der Waals surface area contributed by atoms with Crippen molar-refractivity contribution in [2.45, 2.75) is 6.54 Å². The van der Waals surface area contributed by atoms with Gasteiger partial charge in [-0.25, -0.2) is 4.98 Å². The summed E-state index contributed by atoms with van der Waals surface area (Å²) in [5.41, 5.74) is 0.920. The fraction of sp³-hybridized carbons (Fsp3) is 0.250. The van der Waals surface area contributed by atoms with Crippen LogP contribution in [0.1, 0.15) is 5.82 Å². The van der Waals surface area contributed by atoms with E-state index in [1.54, 1.807) is 18.1 Å². The van der Waals surface area contributed by atoms with Gasteiger partial charge in [0.05, 0.1) is 13.1 Å². The molecule has 2 rings (SSSR count). The van der Waals surface area contributed by atoms with Gasteiger partial charge >= 0.3 is 0 Å². The molecule has 1 aromatic heterocycles. The molecule has 0 aliphatic heterocycles. The lowest BCUT2D eigenvalue weighted by Gasteiger charge is -2.06. The van der Waals surface area contributed by atoms with Crippen LogP contribution in [0.2, 0.25) is 0 Å². The molecule has 0 unspecified atom stereocenters. The van der Waals surface area contributed by atoms with E-state index in [1.807, 2.05) is 30.3 Å². The Morgan fingerprint density at radius 2 is 2.11 bits per heavy atom. The van der Waals surface area contributed by atoms with E-state index in [0.29, 0.717) is 12.4 Å². The number of aromatic nitrogens is 3. The molecule has 0 atom stereocenters. The Labute approximate surface area is 105 Å². The summed E-state index contributed by atoms with van der Waals surface area (Å²) in [6.07, 6.45) is 1.60. The maximum Gasteiger partial charge on any atom is 0.239 e. The molecule has 0 radical (unpaired) electrons. The van der Waals surface area contributed by atoms with Gasteiger partial charge < -0.3 is 10.6 Å². The Bertz CT molecular complexity index is 508. The number of hydrogen-bond acceptors (Lipinski definition) is 4.